The quantitative estimate of drug-likeness (QED) is 0.526. The Bertz CT molecular complexity index is 906. The number of benzene rings is 1. The molecule has 1 aliphatic carbocycles. The number of alkyl carbamates (subject to hydrolysis) is 1. The van der Waals surface area contributed by atoms with Crippen LogP contribution in [0.25, 0.3) is 0 Å². The van der Waals surface area contributed by atoms with Gasteiger partial charge in [0.05, 0.1) is 0 Å². The number of nitrogens with one attached hydrogen (secondary N) is 2. The molecule has 0 spiro atoms. The lowest BCUT2D eigenvalue weighted by atomic mass is 9.97. The first-order valence-electron chi connectivity index (χ1n) is 12.0. The molecule has 0 heterocycles. The fraction of sp³-hybridized carbons (Fsp3) is 0.654. The molecule has 1 saturated carbocycles. The molecule has 4 unspecified atom stereocenters. The number of aryl methyl sites for hydroxylation is 1. The zero-order valence-corrected chi connectivity index (χ0v) is 21.9. The number of rotatable bonds is 8. The number of phenolic OH excluding ortho intramolecular Hbond substituents is 1. The Morgan fingerprint density at radius 3 is 2.15 bits per heavy atom. The Labute approximate surface area is 203 Å². The molecule has 1 aromatic carbocycles. The van der Waals surface area contributed by atoms with Crippen molar-refractivity contribution in [3.63, 3.8) is 0 Å². The van der Waals surface area contributed by atoms with Crippen LogP contribution in [0.5, 0.6) is 5.75 Å². The van der Waals surface area contributed by atoms with E-state index >= 15 is 0 Å². The standard InChI is InChI=1S/C26H41N3O5/c1-14(2)21(28-25(33)34-26(7,8)9)24(32)29(19-13-16(19)5)22(23(31)27-15(3)4)18-10-11-20(30)17(6)12-18/h10-12,14-16,19,21-22,30H,13H2,1-9H3,(H,27,31)(H,28,33). The summed E-state index contributed by atoms with van der Waals surface area (Å²) < 4.78 is 5.39. The van der Waals surface area contributed by atoms with E-state index in [1.54, 1.807) is 44.7 Å². The summed E-state index contributed by atoms with van der Waals surface area (Å²) in [6.07, 6.45) is 0.0953. The van der Waals surface area contributed by atoms with Gasteiger partial charge in [-0.3, -0.25) is 9.59 Å². The van der Waals surface area contributed by atoms with Crippen LogP contribution in [0.3, 0.4) is 0 Å². The van der Waals surface area contributed by atoms with E-state index in [4.69, 9.17) is 4.74 Å². The minimum absolute atomic E-state index is 0.121. The van der Waals surface area contributed by atoms with Crippen molar-refractivity contribution >= 4 is 17.9 Å². The van der Waals surface area contributed by atoms with Gasteiger partial charge < -0.3 is 25.4 Å². The minimum Gasteiger partial charge on any atom is -0.508 e. The Hall–Kier alpha value is -2.77. The number of hydrogen-bond donors (Lipinski definition) is 3. The molecule has 0 saturated heterocycles. The third-order valence-corrected chi connectivity index (χ3v) is 5.78. The van der Waals surface area contributed by atoms with Crippen molar-refractivity contribution in [2.45, 2.75) is 98.5 Å². The fourth-order valence-corrected chi connectivity index (χ4v) is 3.93. The highest BCUT2D eigenvalue weighted by Gasteiger charge is 2.48. The van der Waals surface area contributed by atoms with E-state index in [1.165, 1.54) is 6.07 Å². The van der Waals surface area contributed by atoms with E-state index in [-0.39, 0.29) is 41.5 Å². The second-order valence-corrected chi connectivity index (χ2v) is 11.0. The van der Waals surface area contributed by atoms with Gasteiger partial charge in [0.2, 0.25) is 11.8 Å². The van der Waals surface area contributed by atoms with Crippen LogP contribution in [0.4, 0.5) is 4.79 Å². The molecular weight excluding hydrogens is 434 g/mol. The van der Waals surface area contributed by atoms with Crippen LogP contribution >= 0.6 is 0 Å². The predicted molar refractivity (Wildman–Crippen MR) is 131 cm³/mol. The maximum Gasteiger partial charge on any atom is 0.408 e. The summed E-state index contributed by atoms with van der Waals surface area (Å²) in [5.74, 6) is -0.508. The van der Waals surface area contributed by atoms with Gasteiger partial charge in [0.15, 0.2) is 0 Å². The molecule has 4 atom stereocenters. The van der Waals surface area contributed by atoms with Gasteiger partial charge in [-0.05, 0) is 83.1 Å². The van der Waals surface area contributed by atoms with Gasteiger partial charge in [-0.1, -0.05) is 26.8 Å². The molecule has 190 valence electrons. The highest BCUT2D eigenvalue weighted by Crippen LogP contribution is 2.41. The molecule has 1 aromatic rings. The lowest BCUT2D eigenvalue weighted by Crippen LogP contribution is -2.56. The molecule has 8 heteroatoms. The summed E-state index contributed by atoms with van der Waals surface area (Å²) in [7, 11) is 0. The van der Waals surface area contributed by atoms with E-state index < -0.39 is 23.8 Å². The van der Waals surface area contributed by atoms with Crippen molar-refractivity contribution in [2.75, 3.05) is 0 Å². The van der Waals surface area contributed by atoms with Gasteiger partial charge in [0.25, 0.3) is 0 Å². The molecule has 34 heavy (non-hydrogen) atoms. The molecule has 0 radical (unpaired) electrons. The Morgan fingerprint density at radius 1 is 1.12 bits per heavy atom. The zero-order chi connectivity index (χ0) is 26.0. The topological polar surface area (TPSA) is 108 Å². The fourth-order valence-electron chi connectivity index (χ4n) is 3.93. The van der Waals surface area contributed by atoms with E-state index in [0.717, 1.165) is 6.42 Å². The van der Waals surface area contributed by atoms with Gasteiger partial charge in [-0.25, -0.2) is 4.79 Å². The second kappa shape index (κ2) is 10.7. The Balaban J connectivity index is 2.50. The van der Waals surface area contributed by atoms with Crippen LogP contribution in [-0.4, -0.2) is 51.6 Å². The number of hydrogen-bond acceptors (Lipinski definition) is 5. The van der Waals surface area contributed by atoms with Crippen molar-refractivity contribution in [1.82, 2.24) is 15.5 Å². The van der Waals surface area contributed by atoms with E-state index in [1.807, 2.05) is 34.6 Å². The van der Waals surface area contributed by atoms with Crippen LogP contribution < -0.4 is 10.6 Å². The Kier molecular flexibility index (Phi) is 8.61. The summed E-state index contributed by atoms with van der Waals surface area (Å²) in [5, 5.41) is 15.7. The molecule has 0 bridgehead atoms. The summed E-state index contributed by atoms with van der Waals surface area (Å²) >= 11 is 0. The van der Waals surface area contributed by atoms with Crippen molar-refractivity contribution in [1.29, 1.82) is 0 Å². The molecule has 1 fully saturated rings. The SMILES string of the molecule is Cc1cc(C(C(=O)NC(C)C)N(C(=O)C(NC(=O)OC(C)(C)C)C(C)C)C2CC2C)ccc1O. The average Bonchev–Trinajstić information content (AvgIpc) is 3.39. The summed E-state index contributed by atoms with van der Waals surface area (Å²) in [6, 6.07) is 2.93. The first-order valence-corrected chi connectivity index (χ1v) is 12.0. The molecule has 2 rings (SSSR count). The van der Waals surface area contributed by atoms with Crippen LogP contribution in [-0.2, 0) is 14.3 Å². The smallest absolute Gasteiger partial charge is 0.408 e. The van der Waals surface area contributed by atoms with Crippen LogP contribution in [0.1, 0.15) is 79.0 Å². The monoisotopic (exact) mass is 475 g/mol. The molecule has 0 aromatic heterocycles. The maximum absolute atomic E-state index is 14.0. The lowest BCUT2D eigenvalue weighted by Gasteiger charge is -2.36. The van der Waals surface area contributed by atoms with Gasteiger partial charge in [0, 0.05) is 12.1 Å². The van der Waals surface area contributed by atoms with Crippen molar-refractivity contribution < 1.29 is 24.2 Å². The molecule has 3 amide bonds. The molecular formula is C26H41N3O5. The number of nitrogens with zero attached hydrogens (tertiary/aromatic N) is 1. The van der Waals surface area contributed by atoms with Gasteiger partial charge >= 0.3 is 6.09 Å². The van der Waals surface area contributed by atoms with Gasteiger partial charge in [-0.2, -0.15) is 0 Å². The molecule has 0 aliphatic heterocycles. The van der Waals surface area contributed by atoms with Crippen molar-refractivity contribution in [3.05, 3.63) is 29.3 Å². The largest absolute Gasteiger partial charge is 0.508 e. The number of carbonyl (C=O) groups excluding carboxylic acids is 3. The van der Waals surface area contributed by atoms with E-state index in [9.17, 15) is 19.5 Å². The summed E-state index contributed by atoms with van der Waals surface area (Å²) in [6.45, 7) is 16.5. The predicted octanol–water partition coefficient (Wildman–Crippen LogP) is 4.05. The molecule has 3 N–H and O–H groups in total. The number of phenols is 1. The first kappa shape index (κ1) is 27.5. The number of ether oxygens (including phenoxy) is 1. The second-order valence-electron chi connectivity index (χ2n) is 11.0. The van der Waals surface area contributed by atoms with E-state index in [0.29, 0.717) is 11.1 Å². The highest BCUT2D eigenvalue weighted by atomic mass is 16.6. The maximum atomic E-state index is 14.0. The van der Waals surface area contributed by atoms with Crippen LogP contribution in [0.15, 0.2) is 18.2 Å². The van der Waals surface area contributed by atoms with Crippen molar-refractivity contribution in [3.8, 4) is 5.75 Å². The first-order chi connectivity index (χ1) is 15.6. The van der Waals surface area contributed by atoms with Crippen LogP contribution in [0.2, 0.25) is 0 Å². The lowest BCUT2D eigenvalue weighted by molar-refractivity contribution is -0.144. The summed E-state index contributed by atoms with van der Waals surface area (Å²) in [5.41, 5.74) is 0.520. The van der Waals surface area contributed by atoms with Crippen molar-refractivity contribution in [2.24, 2.45) is 11.8 Å². The zero-order valence-electron chi connectivity index (χ0n) is 21.9. The van der Waals surface area contributed by atoms with Gasteiger partial charge in [0.1, 0.15) is 23.4 Å². The molecule has 1 aliphatic rings. The average molecular weight is 476 g/mol. The minimum atomic E-state index is -0.897. The Morgan fingerprint density at radius 2 is 1.71 bits per heavy atom. The molecule has 8 nitrogen and oxygen atoms in total. The van der Waals surface area contributed by atoms with Gasteiger partial charge in [-0.15, -0.1) is 0 Å². The van der Waals surface area contributed by atoms with Crippen LogP contribution in [0, 0.1) is 18.8 Å². The third kappa shape index (κ3) is 7.11. The third-order valence-electron chi connectivity index (χ3n) is 5.78. The highest BCUT2D eigenvalue weighted by molar-refractivity contribution is 5.93. The number of aromatic hydroxyl groups is 1. The number of carbonyl (C=O) groups is 3. The number of amides is 3. The summed E-state index contributed by atoms with van der Waals surface area (Å²) in [4.78, 5) is 41.6. The normalized spacial score (nSPS) is 19.4. The van der Waals surface area contributed by atoms with E-state index in [2.05, 4.69) is 10.6 Å².